The average molecular weight is 320 g/mol. The number of ether oxygens (including phenoxy) is 2. The van der Waals surface area contributed by atoms with Crippen LogP contribution in [-0.2, 0) is 13.0 Å². The summed E-state index contributed by atoms with van der Waals surface area (Å²) in [5, 5.41) is 4.67. The normalized spacial score (nSPS) is 12.2. The molecule has 0 fully saturated rings. The molecule has 0 aliphatic heterocycles. The molecule has 4 nitrogen and oxygen atoms in total. The average Bonchev–Trinajstić information content (AvgIpc) is 3.02. The van der Waals surface area contributed by atoms with E-state index in [1.807, 2.05) is 18.3 Å². The van der Waals surface area contributed by atoms with Crippen LogP contribution in [0.3, 0.4) is 0 Å². The van der Waals surface area contributed by atoms with Gasteiger partial charge in [-0.25, -0.2) is 4.98 Å². The van der Waals surface area contributed by atoms with E-state index < -0.39 is 0 Å². The van der Waals surface area contributed by atoms with Gasteiger partial charge in [-0.3, -0.25) is 0 Å². The summed E-state index contributed by atoms with van der Waals surface area (Å²) >= 11 is 1.78. The number of hydrogen-bond donors (Lipinski definition) is 1. The van der Waals surface area contributed by atoms with E-state index in [9.17, 15) is 0 Å². The summed E-state index contributed by atoms with van der Waals surface area (Å²) in [4.78, 5) is 5.82. The molecule has 120 valence electrons. The molecule has 1 aromatic carbocycles. The molecule has 0 amide bonds. The summed E-state index contributed by atoms with van der Waals surface area (Å²) in [5.41, 5.74) is 2.39. The second-order valence-electron chi connectivity index (χ2n) is 5.25. The SMILES string of the molecule is CCc1cnc(C(C)NCc2cc(OC)c(OC)cc2C)s1. The van der Waals surface area contributed by atoms with E-state index in [2.05, 4.69) is 31.1 Å². The summed E-state index contributed by atoms with van der Waals surface area (Å²) in [7, 11) is 3.32. The van der Waals surface area contributed by atoms with Crippen LogP contribution in [0.1, 0.15) is 40.9 Å². The maximum Gasteiger partial charge on any atom is 0.161 e. The van der Waals surface area contributed by atoms with Crippen LogP contribution >= 0.6 is 11.3 Å². The van der Waals surface area contributed by atoms with Gasteiger partial charge in [0.05, 0.1) is 20.3 Å². The summed E-state index contributed by atoms with van der Waals surface area (Å²) in [6.45, 7) is 7.16. The highest BCUT2D eigenvalue weighted by Crippen LogP contribution is 2.30. The van der Waals surface area contributed by atoms with E-state index in [-0.39, 0.29) is 6.04 Å². The molecular weight excluding hydrogens is 296 g/mol. The van der Waals surface area contributed by atoms with Crippen molar-refractivity contribution in [2.75, 3.05) is 14.2 Å². The molecule has 22 heavy (non-hydrogen) atoms. The Morgan fingerprint density at radius 2 is 1.91 bits per heavy atom. The van der Waals surface area contributed by atoms with Crippen molar-refractivity contribution in [2.45, 2.75) is 39.8 Å². The van der Waals surface area contributed by atoms with E-state index in [1.165, 1.54) is 16.0 Å². The standard InChI is InChI=1S/C17H24N2O2S/c1-6-14-10-19-17(22-14)12(3)18-9-13-8-16(21-5)15(20-4)7-11(13)2/h7-8,10,12,18H,6,9H2,1-5H3. The number of nitrogens with zero attached hydrogens (tertiary/aromatic N) is 1. The van der Waals surface area contributed by atoms with Gasteiger partial charge in [-0.15, -0.1) is 11.3 Å². The third kappa shape index (κ3) is 3.78. The first kappa shape index (κ1) is 16.8. The van der Waals surface area contributed by atoms with Gasteiger partial charge in [-0.1, -0.05) is 6.92 Å². The minimum Gasteiger partial charge on any atom is -0.493 e. The van der Waals surface area contributed by atoms with Crippen molar-refractivity contribution in [3.05, 3.63) is 39.3 Å². The van der Waals surface area contributed by atoms with Gasteiger partial charge >= 0.3 is 0 Å². The number of methoxy groups -OCH3 is 2. The van der Waals surface area contributed by atoms with Gasteiger partial charge < -0.3 is 14.8 Å². The Morgan fingerprint density at radius 3 is 2.50 bits per heavy atom. The molecule has 0 saturated carbocycles. The molecule has 1 aromatic heterocycles. The van der Waals surface area contributed by atoms with Gasteiger partial charge in [0.1, 0.15) is 5.01 Å². The first-order valence-electron chi connectivity index (χ1n) is 7.48. The first-order valence-corrected chi connectivity index (χ1v) is 8.30. The topological polar surface area (TPSA) is 43.4 Å². The number of aryl methyl sites for hydroxylation is 2. The molecule has 2 rings (SSSR count). The van der Waals surface area contributed by atoms with Crippen LogP contribution in [0.15, 0.2) is 18.3 Å². The van der Waals surface area contributed by atoms with Crippen molar-refractivity contribution in [2.24, 2.45) is 0 Å². The highest BCUT2D eigenvalue weighted by molar-refractivity contribution is 7.11. The van der Waals surface area contributed by atoms with E-state index >= 15 is 0 Å². The van der Waals surface area contributed by atoms with Gasteiger partial charge in [-0.05, 0) is 43.5 Å². The van der Waals surface area contributed by atoms with E-state index in [4.69, 9.17) is 9.47 Å². The fourth-order valence-corrected chi connectivity index (χ4v) is 3.13. The van der Waals surface area contributed by atoms with Gasteiger partial charge in [0.15, 0.2) is 11.5 Å². The second kappa shape index (κ2) is 7.61. The van der Waals surface area contributed by atoms with Crippen LogP contribution in [0.5, 0.6) is 11.5 Å². The Kier molecular flexibility index (Phi) is 5.80. The summed E-state index contributed by atoms with van der Waals surface area (Å²) < 4.78 is 10.7. The molecular formula is C17H24N2O2S. The third-order valence-corrected chi connectivity index (χ3v) is 5.06. The summed E-state index contributed by atoms with van der Waals surface area (Å²) in [6.07, 6.45) is 3.01. The molecule has 1 unspecified atom stereocenters. The maximum absolute atomic E-state index is 5.38. The maximum atomic E-state index is 5.38. The van der Waals surface area contributed by atoms with Crippen molar-refractivity contribution in [3.8, 4) is 11.5 Å². The molecule has 1 N–H and O–H groups in total. The molecule has 0 radical (unpaired) electrons. The fraction of sp³-hybridized carbons (Fsp3) is 0.471. The smallest absolute Gasteiger partial charge is 0.161 e. The highest BCUT2D eigenvalue weighted by Gasteiger charge is 2.12. The van der Waals surface area contributed by atoms with Gasteiger partial charge in [0.25, 0.3) is 0 Å². The number of thiazole rings is 1. The van der Waals surface area contributed by atoms with E-state index in [0.717, 1.165) is 29.5 Å². The Balaban J connectivity index is 2.07. The second-order valence-corrected chi connectivity index (χ2v) is 6.40. The monoisotopic (exact) mass is 320 g/mol. The Labute approximate surface area is 136 Å². The zero-order valence-corrected chi connectivity index (χ0v) is 14.7. The zero-order valence-electron chi connectivity index (χ0n) is 13.9. The lowest BCUT2D eigenvalue weighted by Crippen LogP contribution is -2.18. The predicted molar refractivity (Wildman–Crippen MR) is 91.0 cm³/mol. The van der Waals surface area contributed by atoms with E-state index in [1.54, 1.807) is 25.6 Å². The van der Waals surface area contributed by atoms with Gasteiger partial charge in [0.2, 0.25) is 0 Å². The minimum absolute atomic E-state index is 0.234. The highest BCUT2D eigenvalue weighted by atomic mass is 32.1. The third-order valence-electron chi connectivity index (χ3n) is 3.73. The molecule has 0 aliphatic rings. The number of nitrogens with one attached hydrogen (secondary N) is 1. The van der Waals surface area contributed by atoms with Crippen molar-refractivity contribution in [1.29, 1.82) is 0 Å². The van der Waals surface area contributed by atoms with Gasteiger partial charge in [0, 0.05) is 17.6 Å². The van der Waals surface area contributed by atoms with Crippen LogP contribution in [0, 0.1) is 6.92 Å². The lowest BCUT2D eigenvalue weighted by molar-refractivity contribution is 0.354. The molecule has 0 spiro atoms. The molecule has 0 saturated heterocycles. The first-order chi connectivity index (χ1) is 10.6. The van der Waals surface area contributed by atoms with Crippen LogP contribution in [0.2, 0.25) is 0 Å². The van der Waals surface area contributed by atoms with Crippen LogP contribution in [0.25, 0.3) is 0 Å². The van der Waals surface area contributed by atoms with Crippen molar-refractivity contribution in [3.63, 3.8) is 0 Å². The van der Waals surface area contributed by atoms with Crippen molar-refractivity contribution < 1.29 is 9.47 Å². The zero-order chi connectivity index (χ0) is 16.1. The lowest BCUT2D eigenvalue weighted by Gasteiger charge is -2.15. The van der Waals surface area contributed by atoms with E-state index in [0.29, 0.717) is 0 Å². The van der Waals surface area contributed by atoms with Crippen LogP contribution in [-0.4, -0.2) is 19.2 Å². The van der Waals surface area contributed by atoms with Crippen molar-refractivity contribution in [1.82, 2.24) is 10.3 Å². The van der Waals surface area contributed by atoms with Crippen LogP contribution < -0.4 is 14.8 Å². The molecule has 1 heterocycles. The van der Waals surface area contributed by atoms with Gasteiger partial charge in [-0.2, -0.15) is 0 Å². The quantitative estimate of drug-likeness (QED) is 0.841. The van der Waals surface area contributed by atoms with Crippen LogP contribution in [0.4, 0.5) is 0 Å². The Hall–Kier alpha value is -1.59. The Morgan fingerprint density at radius 1 is 1.23 bits per heavy atom. The summed E-state index contributed by atoms with van der Waals surface area (Å²) in [6, 6.07) is 4.28. The summed E-state index contributed by atoms with van der Waals surface area (Å²) in [5.74, 6) is 1.53. The van der Waals surface area contributed by atoms with Crippen molar-refractivity contribution >= 4 is 11.3 Å². The number of hydrogen-bond acceptors (Lipinski definition) is 5. The molecule has 0 bridgehead atoms. The lowest BCUT2D eigenvalue weighted by atomic mass is 10.1. The molecule has 0 aliphatic carbocycles. The largest absolute Gasteiger partial charge is 0.493 e. The molecule has 1 atom stereocenters. The molecule has 5 heteroatoms. The predicted octanol–water partition coefficient (Wildman–Crippen LogP) is 3.88. The molecule has 2 aromatic rings. The number of rotatable bonds is 7. The fourth-order valence-electron chi connectivity index (χ4n) is 2.25. The minimum atomic E-state index is 0.234. The number of aromatic nitrogens is 1. The Bertz CT molecular complexity index is 625. The number of benzene rings is 1.